The Morgan fingerprint density at radius 1 is 1.14 bits per heavy atom. The van der Waals surface area contributed by atoms with E-state index in [0.717, 1.165) is 31.2 Å². The van der Waals surface area contributed by atoms with Crippen LogP contribution in [0.5, 0.6) is 0 Å². The molecular formula is C17H17FN2O. The van der Waals surface area contributed by atoms with Crippen LogP contribution >= 0.6 is 0 Å². The highest BCUT2D eigenvalue weighted by molar-refractivity contribution is 5.99. The summed E-state index contributed by atoms with van der Waals surface area (Å²) in [4.78, 5) is 16.8. The summed E-state index contributed by atoms with van der Waals surface area (Å²) in [6.45, 7) is 0. The van der Waals surface area contributed by atoms with Crippen LogP contribution in [0.1, 0.15) is 31.2 Å². The number of hydrogen-bond donors (Lipinski definition) is 1. The van der Waals surface area contributed by atoms with Crippen molar-refractivity contribution in [1.82, 2.24) is 4.98 Å². The second kappa shape index (κ2) is 5.64. The lowest BCUT2D eigenvalue weighted by Crippen LogP contribution is -2.38. The number of aromatic nitrogens is 1. The standard InChI is InChI=1S/C17H17FN2O/c18-14-7-5-13(6-8-14)17(9-1-2-10-17)16(21)20-15-4-3-11-19-12-15/h3-8,11-12H,1-2,9-10H2,(H,20,21). The summed E-state index contributed by atoms with van der Waals surface area (Å²) >= 11 is 0. The maximum atomic E-state index is 13.1. The average Bonchev–Trinajstić information content (AvgIpc) is 3.00. The van der Waals surface area contributed by atoms with Crippen LogP contribution < -0.4 is 5.32 Å². The van der Waals surface area contributed by atoms with Gasteiger partial charge in [-0.25, -0.2) is 4.39 Å². The van der Waals surface area contributed by atoms with Gasteiger partial charge in [-0.3, -0.25) is 9.78 Å². The number of anilines is 1. The van der Waals surface area contributed by atoms with E-state index in [1.165, 1.54) is 12.1 Å². The van der Waals surface area contributed by atoms with Gasteiger partial charge in [0.15, 0.2) is 0 Å². The first-order valence-corrected chi connectivity index (χ1v) is 7.18. The van der Waals surface area contributed by atoms with Crippen LogP contribution in [0.15, 0.2) is 48.8 Å². The molecule has 1 aliphatic carbocycles. The number of carbonyl (C=O) groups is 1. The van der Waals surface area contributed by atoms with Crippen molar-refractivity contribution in [3.8, 4) is 0 Å². The third kappa shape index (κ3) is 2.66. The van der Waals surface area contributed by atoms with E-state index >= 15 is 0 Å². The Kier molecular flexibility index (Phi) is 3.69. The van der Waals surface area contributed by atoms with Crippen LogP contribution in [-0.2, 0) is 10.2 Å². The fraction of sp³-hybridized carbons (Fsp3) is 0.294. The van der Waals surface area contributed by atoms with Crippen LogP contribution in [0.25, 0.3) is 0 Å². The molecular weight excluding hydrogens is 267 g/mol. The molecule has 108 valence electrons. The molecule has 1 heterocycles. The summed E-state index contributed by atoms with van der Waals surface area (Å²) < 4.78 is 13.1. The first kappa shape index (κ1) is 13.7. The van der Waals surface area contributed by atoms with E-state index in [-0.39, 0.29) is 11.7 Å². The van der Waals surface area contributed by atoms with Gasteiger partial charge >= 0.3 is 0 Å². The maximum Gasteiger partial charge on any atom is 0.235 e. The molecule has 0 aliphatic heterocycles. The molecule has 0 atom stereocenters. The Labute approximate surface area is 123 Å². The molecule has 1 amide bonds. The fourth-order valence-corrected chi connectivity index (χ4v) is 3.08. The third-order valence-corrected chi connectivity index (χ3v) is 4.21. The van der Waals surface area contributed by atoms with Crippen LogP contribution in [-0.4, -0.2) is 10.9 Å². The van der Waals surface area contributed by atoms with Gasteiger partial charge in [0.05, 0.1) is 17.3 Å². The number of halogens is 1. The van der Waals surface area contributed by atoms with Gasteiger partial charge in [-0.2, -0.15) is 0 Å². The normalized spacial score (nSPS) is 16.6. The summed E-state index contributed by atoms with van der Waals surface area (Å²) in [6.07, 6.45) is 6.91. The molecule has 0 spiro atoms. The zero-order chi connectivity index (χ0) is 14.7. The number of benzene rings is 1. The highest BCUT2D eigenvalue weighted by Crippen LogP contribution is 2.42. The van der Waals surface area contributed by atoms with Crippen LogP contribution in [0.3, 0.4) is 0 Å². The van der Waals surface area contributed by atoms with Crippen LogP contribution in [0.4, 0.5) is 10.1 Å². The Morgan fingerprint density at radius 2 is 1.86 bits per heavy atom. The van der Waals surface area contributed by atoms with Crippen molar-refractivity contribution in [2.24, 2.45) is 0 Å². The minimum Gasteiger partial charge on any atom is -0.324 e. The molecule has 0 unspecified atom stereocenters. The molecule has 1 fully saturated rings. The average molecular weight is 284 g/mol. The second-order valence-electron chi connectivity index (χ2n) is 5.49. The number of nitrogens with one attached hydrogen (secondary N) is 1. The number of amides is 1. The summed E-state index contributed by atoms with van der Waals surface area (Å²) in [5.74, 6) is -0.306. The highest BCUT2D eigenvalue weighted by atomic mass is 19.1. The largest absolute Gasteiger partial charge is 0.324 e. The van der Waals surface area contributed by atoms with Crippen molar-refractivity contribution < 1.29 is 9.18 Å². The lowest BCUT2D eigenvalue weighted by atomic mass is 9.78. The molecule has 1 saturated carbocycles. The Bertz CT molecular complexity index is 619. The number of hydrogen-bond acceptors (Lipinski definition) is 2. The topological polar surface area (TPSA) is 42.0 Å². The zero-order valence-corrected chi connectivity index (χ0v) is 11.7. The van der Waals surface area contributed by atoms with Crippen molar-refractivity contribution in [3.05, 3.63) is 60.2 Å². The van der Waals surface area contributed by atoms with E-state index in [0.29, 0.717) is 5.69 Å². The van der Waals surface area contributed by atoms with Crippen molar-refractivity contribution >= 4 is 11.6 Å². The quantitative estimate of drug-likeness (QED) is 0.934. The summed E-state index contributed by atoms with van der Waals surface area (Å²) in [5, 5.41) is 2.94. The molecule has 1 aromatic carbocycles. The summed E-state index contributed by atoms with van der Waals surface area (Å²) in [7, 11) is 0. The van der Waals surface area contributed by atoms with Gasteiger partial charge in [0.2, 0.25) is 5.91 Å². The van der Waals surface area contributed by atoms with Crippen LogP contribution in [0.2, 0.25) is 0 Å². The van der Waals surface area contributed by atoms with Crippen LogP contribution in [0, 0.1) is 5.82 Å². The number of rotatable bonds is 3. The summed E-state index contributed by atoms with van der Waals surface area (Å²) in [6, 6.07) is 9.90. The molecule has 0 radical (unpaired) electrons. The Hall–Kier alpha value is -2.23. The molecule has 0 bridgehead atoms. The van der Waals surface area contributed by atoms with Gasteiger partial charge in [-0.15, -0.1) is 0 Å². The minimum absolute atomic E-state index is 0.0281. The van der Waals surface area contributed by atoms with E-state index in [1.54, 1.807) is 30.6 Å². The highest BCUT2D eigenvalue weighted by Gasteiger charge is 2.42. The SMILES string of the molecule is O=C(Nc1cccnc1)C1(c2ccc(F)cc2)CCCC1. The van der Waals surface area contributed by atoms with E-state index < -0.39 is 5.41 Å². The molecule has 4 heteroatoms. The number of carbonyl (C=O) groups excluding carboxylic acids is 1. The molecule has 1 aromatic heterocycles. The van der Waals surface area contributed by atoms with Gasteiger partial charge < -0.3 is 5.32 Å². The molecule has 2 aromatic rings. The predicted molar refractivity (Wildman–Crippen MR) is 79.4 cm³/mol. The number of pyridine rings is 1. The lowest BCUT2D eigenvalue weighted by molar-refractivity contribution is -0.121. The van der Waals surface area contributed by atoms with E-state index in [4.69, 9.17) is 0 Å². The van der Waals surface area contributed by atoms with Gasteiger partial charge in [0.25, 0.3) is 0 Å². The molecule has 21 heavy (non-hydrogen) atoms. The molecule has 3 rings (SSSR count). The minimum atomic E-state index is -0.552. The molecule has 1 N–H and O–H groups in total. The Balaban J connectivity index is 1.90. The van der Waals surface area contributed by atoms with Gasteiger partial charge in [0, 0.05) is 6.20 Å². The second-order valence-corrected chi connectivity index (χ2v) is 5.49. The molecule has 3 nitrogen and oxygen atoms in total. The smallest absolute Gasteiger partial charge is 0.235 e. The van der Waals surface area contributed by atoms with E-state index in [9.17, 15) is 9.18 Å². The van der Waals surface area contributed by atoms with Crippen molar-refractivity contribution in [2.75, 3.05) is 5.32 Å². The Morgan fingerprint density at radius 3 is 2.48 bits per heavy atom. The van der Waals surface area contributed by atoms with Crippen molar-refractivity contribution in [1.29, 1.82) is 0 Å². The van der Waals surface area contributed by atoms with Gasteiger partial charge in [0.1, 0.15) is 5.82 Å². The molecule has 0 saturated heterocycles. The maximum absolute atomic E-state index is 13.1. The first-order valence-electron chi connectivity index (χ1n) is 7.18. The van der Waals surface area contributed by atoms with E-state index in [2.05, 4.69) is 10.3 Å². The van der Waals surface area contributed by atoms with Gasteiger partial charge in [-0.05, 0) is 42.7 Å². The monoisotopic (exact) mass is 284 g/mol. The first-order chi connectivity index (χ1) is 10.2. The van der Waals surface area contributed by atoms with Crippen molar-refractivity contribution in [3.63, 3.8) is 0 Å². The fourth-order valence-electron chi connectivity index (χ4n) is 3.08. The summed E-state index contributed by atoms with van der Waals surface area (Å²) in [5.41, 5.74) is 1.03. The number of nitrogens with zero attached hydrogens (tertiary/aromatic N) is 1. The molecule has 1 aliphatic rings. The third-order valence-electron chi connectivity index (χ3n) is 4.21. The lowest BCUT2D eigenvalue weighted by Gasteiger charge is -2.28. The van der Waals surface area contributed by atoms with E-state index in [1.807, 2.05) is 6.07 Å². The van der Waals surface area contributed by atoms with Gasteiger partial charge in [-0.1, -0.05) is 25.0 Å². The zero-order valence-electron chi connectivity index (χ0n) is 11.7. The predicted octanol–water partition coefficient (Wildman–Crippen LogP) is 3.67. The van der Waals surface area contributed by atoms with Crippen molar-refractivity contribution in [2.45, 2.75) is 31.1 Å².